The molecule has 0 aliphatic rings. The normalized spacial score (nSPS) is 13.5. The van der Waals surface area contributed by atoms with Crippen LogP contribution in [0.4, 0.5) is 0 Å². The van der Waals surface area contributed by atoms with Crippen LogP contribution in [0.3, 0.4) is 0 Å². The second kappa shape index (κ2) is 6.35. The molecule has 2 rings (SSSR count). The summed E-state index contributed by atoms with van der Waals surface area (Å²) in [6.07, 6.45) is -1.45. The number of nitrogens with zero attached hydrogens (tertiary/aromatic N) is 1. The van der Waals surface area contributed by atoms with Gasteiger partial charge in [0.05, 0.1) is 23.6 Å². The molecule has 116 valence electrons. The average Bonchev–Trinajstić information content (AvgIpc) is 2.47. The van der Waals surface area contributed by atoms with Crippen molar-refractivity contribution in [3.8, 4) is 0 Å². The first-order chi connectivity index (χ1) is 10.4. The standard InChI is InChI=1S/C14H15N3O5/c1-7(18)12(14(21)22)15-11(19)6-10-8-4-2-3-5-9(8)13(20)17-16-10/h2-5,7,12,18H,6H2,1H3,(H,15,19)(H,17,20)(H,21,22)/t7-,12-/m0/s1. The van der Waals surface area contributed by atoms with Gasteiger partial charge in [0.1, 0.15) is 0 Å². The van der Waals surface area contributed by atoms with Crippen LogP contribution in [0.25, 0.3) is 10.8 Å². The van der Waals surface area contributed by atoms with E-state index in [1.807, 2.05) is 0 Å². The van der Waals surface area contributed by atoms with Gasteiger partial charge in [0.15, 0.2) is 6.04 Å². The van der Waals surface area contributed by atoms with Crippen LogP contribution in [0.1, 0.15) is 12.6 Å². The molecule has 8 heteroatoms. The second-order valence-electron chi connectivity index (χ2n) is 4.85. The van der Waals surface area contributed by atoms with Gasteiger partial charge < -0.3 is 15.5 Å². The molecule has 22 heavy (non-hydrogen) atoms. The smallest absolute Gasteiger partial charge is 0.328 e. The number of hydrogen-bond donors (Lipinski definition) is 4. The van der Waals surface area contributed by atoms with E-state index in [1.165, 1.54) is 6.92 Å². The molecule has 1 amide bonds. The molecule has 0 aliphatic heterocycles. The number of aromatic amines is 1. The lowest BCUT2D eigenvalue weighted by atomic mass is 10.1. The van der Waals surface area contributed by atoms with Crippen LogP contribution in [0, 0.1) is 0 Å². The molecule has 1 aromatic heterocycles. The van der Waals surface area contributed by atoms with Crippen molar-refractivity contribution in [3.05, 3.63) is 40.3 Å². The van der Waals surface area contributed by atoms with E-state index in [1.54, 1.807) is 24.3 Å². The van der Waals surface area contributed by atoms with Crippen LogP contribution >= 0.6 is 0 Å². The molecule has 0 saturated carbocycles. The number of aliphatic hydroxyl groups is 1. The summed E-state index contributed by atoms with van der Waals surface area (Å²) in [5, 5.41) is 27.5. The first-order valence-corrected chi connectivity index (χ1v) is 6.56. The van der Waals surface area contributed by atoms with Crippen molar-refractivity contribution in [1.29, 1.82) is 0 Å². The van der Waals surface area contributed by atoms with Crippen LogP contribution in [-0.4, -0.2) is 44.4 Å². The van der Waals surface area contributed by atoms with Gasteiger partial charge in [-0.25, -0.2) is 9.89 Å². The second-order valence-corrected chi connectivity index (χ2v) is 4.85. The molecule has 8 nitrogen and oxygen atoms in total. The molecule has 0 bridgehead atoms. The number of hydrogen-bond acceptors (Lipinski definition) is 5. The minimum Gasteiger partial charge on any atom is -0.480 e. The Bertz CT molecular complexity index is 768. The number of carboxylic acid groups (broad SMARTS) is 1. The van der Waals surface area contributed by atoms with Crippen molar-refractivity contribution >= 4 is 22.6 Å². The van der Waals surface area contributed by atoms with Crippen molar-refractivity contribution in [2.75, 3.05) is 0 Å². The third-order valence-corrected chi connectivity index (χ3v) is 3.17. The predicted molar refractivity (Wildman–Crippen MR) is 77.3 cm³/mol. The monoisotopic (exact) mass is 305 g/mol. The largest absolute Gasteiger partial charge is 0.480 e. The van der Waals surface area contributed by atoms with Gasteiger partial charge in [-0.05, 0) is 13.0 Å². The van der Waals surface area contributed by atoms with E-state index in [0.717, 1.165) is 0 Å². The zero-order chi connectivity index (χ0) is 16.3. The topological polar surface area (TPSA) is 132 Å². The Balaban J connectivity index is 2.24. The van der Waals surface area contributed by atoms with Gasteiger partial charge in [-0.2, -0.15) is 5.10 Å². The fourth-order valence-corrected chi connectivity index (χ4v) is 2.07. The van der Waals surface area contributed by atoms with Crippen molar-refractivity contribution in [1.82, 2.24) is 15.5 Å². The summed E-state index contributed by atoms with van der Waals surface area (Å²) in [6, 6.07) is 5.26. The van der Waals surface area contributed by atoms with Crippen molar-refractivity contribution < 1.29 is 19.8 Å². The Hall–Kier alpha value is -2.74. The summed E-state index contributed by atoms with van der Waals surface area (Å²) in [4.78, 5) is 34.5. The molecule has 1 aromatic carbocycles. The van der Waals surface area contributed by atoms with Crippen molar-refractivity contribution in [2.45, 2.75) is 25.5 Å². The highest BCUT2D eigenvalue weighted by Crippen LogP contribution is 2.12. The number of aromatic nitrogens is 2. The Morgan fingerprint density at radius 3 is 2.55 bits per heavy atom. The first kappa shape index (κ1) is 15.6. The lowest BCUT2D eigenvalue weighted by Gasteiger charge is -2.17. The van der Waals surface area contributed by atoms with Gasteiger partial charge in [0.25, 0.3) is 5.56 Å². The fourth-order valence-electron chi connectivity index (χ4n) is 2.07. The molecule has 0 aliphatic carbocycles. The number of amides is 1. The van der Waals surface area contributed by atoms with E-state index in [9.17, 15) is 19.5 Å². The zero-order valence-corrected chi connectivity index (χ0v) is 11.7. The Kier molecular flexibility index (Phi) is 4.52. The number of benzene rings is 1. The first-order valence-electron chi connectivity index (χ1n) is 6.56. The minimum atomic E-state index is -1.40. The molecule has 0 unspecified atom stereocenters. The number of fused-ring (bicyclic) bond motifs is 1. The summed E-state index contributed by atoms with van der Waals surface area (Å²) >= 11 is 0. The van der Waals surface area contributed by atoms with E-state index in [0.29, 0.717) is 16.5 Å². The van der Waals surface area contributed by atoms with Gasteiger partial charge in [-0.3, -0.25) is 9.59 Å². The number of aliphatic carboxylic acids is 1. The highest BCUT2D eigenvalue weighted by Gasteiger charge is 2.25. The van der Waals surface area contributed by atoms with Crippen LogP contribution in [-0.2, 0) is 16.0 Å². The van der Waals surface area contributed by atoms with Gasteiger partial charge in [0, 0.05) is 5.39 Å². The highest BCUT2D eigenvalue weighted by atomic mass is 16.4. The highest BCUT2D eigenvalue weighted by molar-refractivity contribution is 5.90. The predicted octanol–water partition coefficient (Wildman–Crippen LogP) is -0.584. The molecular formula is C14H15N3O5. The van der Waals surface area contributed by atoms with E-state index in [-0.39, 0.29) is 12.0 Å². The minimum absolute atomic E-state index is 0.214. The van der Waals surface area contributed by atoms with Crippen molar-refractivity contribution in [3.63, 3.8) is 0 Å². The number of carbonyl (C=O) groups is 2. The number of nitrogens with one attached hydrogen (secondary N) is 2. The van der Waals surface area contributed by atoms with E-state index in [2.05, 4.69) is 15.5 Å². The number of H-pyrrole nitrogens is 1. The van der Waals surface area contributed by atoms with E-state index < -0.39 is 24.0 Å². The average molecular weight is 305 g/mol. The van der Waals surface area contributed by atoms with Crippen LogP contribution in [0.15, 0.2) is 29.1 Å². The zero-order valence-electron chi connectivity index (χ0n) is 11.7. The molecule has 0 spiro atoms. The third-order valence-electron chi connectivity index (χ3n) is 3.17. The lowest BCUT2D eigenvalue weighted by Crippen LogP contribution is -2.48. The van der Waals surface area contributed by atoms with Crippen LogP contribution in [0.5, 0.6) is 0 Å². The summed E-state index contributed by atoms with van der Waals surface area (Å²) in [5.74, 6) is -1.94. The fraction of sp³-hybridized carbons (Fsp3) is 0.286. The molecule has 4 N–H and O–H groups in total. The molecule has 2 aromatic rings. The number of aliphatic hydroxyl groups excluding tert-OH is 1. The summed E-state index contributed by atoms with van der Waals surface area (Å²) in [5.41, 5.74) is -0.0467. The van der Waals surface area contributed by atoms with Gasteiger partial charge in [-0.15, -0.1) is 0 Å². The lowest BCUT2D eigenvalue weighted by molar-refractivity contribution is -0.144. The Labute approximate surface area is 124 Å². The van der Waals surface area contributed by atoms with Crippen LogP contribution in [0.2, 0.25) is 0 Å². The molecule has 0 radical (unpaired) electrons. The van der Waals surface area contributed by atoms with Gasteiger partial charge in [-0.1, -0.05) is 18.2 Å². The Morgan fingerprint density at radius 2 is 1.95 bits per heavy atom. The van der Waals surface area contributed by atoms with E-state index in [4.69, 9.17) is 5.11 Å². The third kappa shape index (κ3) is 3.29. The molecule has 2 atom stereocenters. The number of rotatable bonds is 5. The number of carboxylic acids is 1. The van der Waals surface area contributed by atoms with Crippen LogP contribution < -0.4 is 10.9 Å². The quantitative estimate of drug-likeness (QED) is 0.584. The SMILES string of the molecule is C[C@H](O)[C@H](NC(=O)Cc1n[nH]c(=O)c2ccccc12)C(=O)O. The summed E-state index contributed by atoms with van der Waals surface area (Å²) in [6.45, 7) is 1.27. The molecular weight excluding hydrogens is 290 g/mol. The Morgan fingerprint density at radius 1 is 1.32 bits per heavy atom. The maximum absolute atomic E-state index is 11.9. The summed E-state index contributed by atoms with van der Waals surface area (Å²) in [7, 11) is 0. The molecule has 0 saturated heterocycles. The summed E-state index contributed by atoms with van der Waals surface area (Å²) < 4.78 is 0. The van der Waals surface area contributed by atoms with Gasteiger partial charge in [0.2, 0.25) is 5.91 Å². The van der Waals surface area contributed by atoms with Gasteiger partial charge >= 0.3 is 5.97 Å². The molecule has 0 fully saturated rings. The van der Waals surface area contributed by atoms with E-state index >= 15 is 0 Å². The maximum Gasteiger partial charge on any atom is 0.328 e. The maximum atomic E-state index is 11.9. The number of carbonyl (C=O) groups excluding carboxylic acids is 1. The van der Waals surface area contributed by atoms with Crippen molar-refractivity contribution in [2.24, 2.45) is 0 Å². The molecule has 1 heterocycles.